The molecule has 5 rings (SSSR count). The van der Waals surface area contributed by atoms with Crippen molar-refractivity contribution in [3.8, 4) is 0 Å². The molecule has 2 bridgehead atoms. The average molecular weight is 520 g/mol. The first-order chi connectivity index (χ1) is 17.4. The van der Waals surface area contributed by atoms with Crippen molar-refractivity contribution in [2.75, 3.05) is 26.2 Å². The van der Waals surface area contributed by atoms with Gasteiger partial charge in [0.2, 0.25) is 0 Å². The molecule has 2 aromatic carbocycles. The van der Waals surface area contributed by atoms with Crippen LogP contribution in [0.2, 0.25) is 0 Å². The Morgan fingerprint density at radius 1 is 1.14 bits per heavy atom. The summed E-state index contributed by atoms with van der Waals surface area (Å²) in [4.78, 5) is 31.2. The van der Waals surface area contributed by atoms with Crippen LogP contribution in [0.3, 0.4) is 0 Å². The zero-order chi connectivity index (χ0) is 26.5. The third kappa shape index (κ3) is 4.74. The second-order valence-electron chi connectivity index (χ2n) is 9.86. The van der Waals surface area contributed by atoms with Gasteiger partial charge in [0.1, 0.15) is 5.78 Å². The number of carbonyl (C=O) groups is 2. The van der Waals surface area contributed by atoms with E-state index >= 15 is 8.78 Å². The Balaban J connectivity index is 1.65. The molecule has 5 nitrogen and oxygen atoms in total. The number of rotatable bonds is 4. The van der Waals surface area contributed by atoms with Crippen molar-refractivity contribution >= 4 is 22.6 Å². The van der Waals surface area contributed by atoms with Crippen molar-refractivity contribution in [2.45, 2.75) is 44.3 Å². The van der Waals surface area contributed by atoms with Crippen LogP contribution >= 0.6 is 0 Å². The molecule has 0 unspecified atom stereocenters. The number of Topliss-reactive ketones (excluding diaryl/α,β-unsaturated/α-hetero) is 1. The van der Waals surface area contributed by atoms with E-state index in [1.54, 1.807) is 24.3 Å². The molecule has 37 heavy (non-hydrogen) atoms. The van der Waals surface area contributed by atoms with Gasteiger partial charge in [-0.15, -0.1) is 0 Å². The Hall–Kier alpha value is -3.27. The Morgan fingerprint density at radius 2 is 1.89 bits per heavy atom. The number of fused-ring (bicyclic) bond motifs is 6. The second kappa shape index (κ2) is 9.24. The number of ketones is 1. The maximum absolute atomic E-state index is 16.0. The monoisotopic (exact) mass is 519 g/mol. The summed E-state index contributed by atoms with van der Waals surface area (Å²) in [5.41, 5.74) is -2.29. The fourth-order valence-corrected chi connectivity index (χ4v) is 5.44. The molecule has 1 fully saturated rings. The Bertz CT molecular complexity index is 1360. The largest absolute Gasteiger partial charge is 0.416 e. The van der Waals surface area contributed by atoms with Gasteiger partial charge in [0.25, 0.3) is 5.91 Å². The number of aromatic nitrogens is 1. The highest BCUT2D eigenvalue weighted by Crippen LogP contribution is 2.43. The molecule has 1 saturated heterocycles. The molecule has 1 aromatic heterocycles. The number of H-pyrrole nitrogens is 1. The standard InChI is InChI=1S/C27H26F5N3O2/c1-16(36)5-4-8-34-9-10-35-20(15-34)14-22-21-6-2-3-7-23(21)33-24(22)26(28,29)18-11-17(25(35)37)12-19(13-18)27(30,31)32/h2-3,6-7,11-13,20,33H,4-5,8-10,14-15H2,1H3/t20-/m1/s1. The Kier molecular flexibility index (Phi) is 6.34. The Labute approximate surface area is 210 Å². The number of halogens is 5. The summed E-state index contributed by atoms with van der Waals surface area (Å²) in [6.07, 6.45) is -3.75. The van der Waals surface area contributed by atoms with Gasteiger partial charge in [0, 0.05) is 54.1 Å². The third-order valence-corrected chi connectivity index (χ3v) is 7.27. The summed E-state index contributed by atoms with van der Waals surface area (Å²) in [5, 5.41) is 0.547. The number of nitrogens with zero attached hydrogens (tertiary/aromatic N) is 2. The average Bonchev–Trinajstić information content (AvgIpc) is 3.21. The molecule has 3 aromatic rings. The van der Waals surface area contributed by atoms with Gasteiger partial charge >= 0.3 is 12.1 Å². The lowest BCUT2D eigenvalue weighted by Crippen LogP contribution is -2.56. The Morgan fingerprint density at radius 3 is 2.62 bits per heavy atom. The highest BCUT2D eigenvalue weighted by Gasteiger charge is 2.44. The van der Waals surface area contributed by atoms with Gasteiger partial charge in [-0.25, -0.2) is 0 Å². The highest BCUT2D eigenvalue weighted by atomic mass is 19.4. The van der Waals surface area contributed by atoms with Gasteiger partial charge < -0.3 is 14.7 Å². The fraction of sp³-hybridized carbons (Fsp3) is 0.407. The van der Waals surface area contributed by atoms with Crippen LogP contribution in [0.5, 0.6) is 0 Å². The van der Waals surface area contributed by atoms with Crippen molar-refractivity contribution in [3.05, 3.63) is 70.4 Å². The van der Waals surface area contributed by atoms with Crippen molar-refractivity contribution in [3.63, 3.8) is 0 Å². The van der Waals surface area contributed by atoms with Crippen molar-refractivity contribution in [1.82, 2.24) is 14.8 Å². The number of piperazine rings is 1. The van der Waals surface area contributed by atoms with Crippen molar-refractivity contribution < 1.29 is 31.5 Å². The molecule has 1 atom stereocenters. The van der Waals surface area contributed by atoms with Gasteiger partial charge in [-0.3, -0.25) is 9.69 Å². The number of carbonyl (C=O) groups excluding carboxylic acids is 2. The molecule has 0 aliphatic carbocycles. The summed E-state index contributed by atoms with van der Waals surface area (Å²) in [6.45, 7) is 3.19. The quantitative estimate of drug-likeness (QED) is 0.471. The van der Waals surface area contributed by atoms with Crippen LogP contribution < -0.4 is 0 Å². The van der Waals surface area contributed by atoms with E-state index in [1.165, 1.54) is 11.8 Å². The lowest BCUT2D eigenvalue weighted by atomic mass is 9.91. The van der Waals surface area contributed by atoms with Crippen LogP contribution in [0, 0.1) is 0 Å². The lowest BCUT2D eigenvalue weighted by molar-refractivity contribution is -0.137. The summed E-state index contributed by atoms with van der Waals surface area (Å²) in [6, 6.07) is 8.19. The zero-order valence-electron chi connectivity index (χ0n) is 20.2. The number of para-hydroxylation sites is 1. The molecule has 1 N–H and O–H groups in total. The first-order valence-electron chi connectivity index (χ1n) is 12.2. The number of benzene rings is 2. The van der Waals surface area contributed by atoms with E-state index < -0.39 is 46.4 Å². The van der Waals surface area contributed by atoms with E-state index in [-0.39, 0.29) is 24.3 Å². The molecular formula is C27H26F5N3O2. The lowest BCUT2D eigenvalue weighted by Gasteiger charge is -2.42. The molecule has 2 aliphatic heterocycles. The van der Waals surface area contributed by atoms with Gasteiger partial charge in [-0.05, 0) is 56.1 Å². The normalized spacial score (nSPS) is 20.0. The summed E-state index contributed by atoms with van der Waals surface area (Å²) in [7, 11) is 0. The molecular weight excluding hydrogens is 493 g/mol. The van der Waals surface area contributed by atoms with Gasteiger partial charge in [0.15, 0.2) is 0 Å². The molecule has 0 radical (unpaired) electrons. The van der Waals surface area contributed by atoms with E-state index in [9.17, 15) is 22.8 Å². The summed E-state index contributed by atoms with van der Waals surface area (Å²) >= 11 is 0. The van der Waals surface area contributed by atoms with E-state index in [2.05, 4.69) is 9.88 Å². The number of amides is 1. The molecule has 196 valence electrons. The van der Waals surface area contributed by atoms with Gasteiger partial charge in [0.05, 0.1) is 11.3 Å². The van der Waals surface area contributed by atoms with Crippen LogP contribution in [0.4, 0.5) is 22.0 Å². The minimum Gasteiger partial charge on any atom is -0.353 e. The van der Waals surface area contributed by atoms with E-state index in [0.717, 1.165) is 6.07 Å². The minimum atomic E-state index is -4.90. The minimum absolute atomic E-state index is 0.0681. The molecule has 0 spiro atoms. The van der Waals surface area contributed by atoms with Crippen molar-refractivity contribution in [2.24, 2.45) is 0 Å². The number of hydrogen-bond acceptors (Lipinski definition) is 3. The van der Waals surface area contributed by atoms with Gasteiger partial charge in [-0.2, -0.15) is 22.0 Å². The molecule has 10 heteroatoms. The SMILES string of the molecule is CC(=O)CCCN1CCN2C(=O)c3cc(C(F)(F)F)cc(c3)C(F)(F)c3[nH]c4ccccc4c3C[C@@H]2C1. The fourth-order valence-electron chi connectivity index (χ4n) is 5.44. The van der Waals surface area contributed by atoms with Gasteiger partial charge in [-0.1, -0.05) is 18.2 Å². The number of aromatic amines is 1. The smallest absolute Gasteiger partial charge is 0.353 e. The van der Waals surface area contributed by atoms with E-state index in [1.807, 2.05) is 0 Å². The molecule has 3 heterocycles. The maximum atomic E-state index is 16.0. The van der Waals surface area contributed by atoms with Crippen molar-refractivity contribution in [1.29, 1.82) is 0 Å². The number of alkyl halides is 5. The predicted octanol–water partition coefficient (Wildman–Crippen LogP) is 5.38. The van der Waals surface area contributed by atoms with Crippen LogP contribution in [-0.2, 0) is 23.3 Å². The van der Waals surface area contributed by atoms with Crippen LogP contribution in [0.1, 0.15) is 52.5 Å². The third-order valence-electron chi connectivity index (χ3n) is 7.27. The van der Waals surface area contributed by atoms with Crippen LogP contribution in [0.25, 0.3) is 10.9 Å². The second-order valence-corrected chi connectivity index (χ2v) is 9.86. The number of hydrogen-bond donors (Lipinski definition) is 1. The van der Waals surface area contributed by atoms with Crippen LogP contribution in [-0.4, -0.2) is 58.7 Å². The molecule has 1 amide bonds. The maximum Gasteiger partial charge on any atom is 0.416 e. The topological polar surface area (TPSA) is 56.4 Å². The molecule has 0 saturated carbocycles. The zero-order valence-corrected chi connectivity index (χ0v) is 20.2. The first kappa shape index (κ1) is 25.4. The highest BCUT2D eigenvalue weighted by molar-refractivity contribution is 5.95. The summed E-state index contributed by atoms with van der Waals surface area (Å²) < 4.78 is 73.1. The summed E-state index contributed by atoms with van der Waals surface area (Å²) in [5.74, 6) is -4.42. The van der Waals surface area contributed by atoms with E-state index in [4.69, 9.17) is 0 Å². The van der Waals surface area contributed by atoms with E-state index in [0.29, 0.717) is 55.5 Å². The molecule has 2 aliphatic rings. The van der Waals surface area contributed by atoms with Crippen LogP contribution in [0.15, 0.2) is 42.5 Å². The first-order valence-corrected chi connectivity index (χ1v) is 12.2. The predicted molar refractivity (Wildman–Crippen MR) is 128 cm³/mol. The number of nitrogens with one attached hydrogen (secondary N) is 1.